The van der Waals surface area contributed by atoms with Gasteiger partial charge in [0, 0.05) is 5.92 Å². The van der Waals surface area contributed by atoms with Crippen molar-refractivity contribution < 1.29 is 23.1 Å². The predicted molar refractivity (Wildman–Crippen MR) is 68.6 cm³/mol. The topological polar surface area (TPSA) is 61.8 Å². The fourth-order valence-corrected chi connectivity index (χ4v) is 4.41. The molecule has 1 heterocycles. The van der Waals surface area contributed by atoms with E-state index in [9.17, 15) is 9.36 Å². The third-order valence-electron chi connectivity index (χ3n) is 3.01. The van der Waals surface area contributed by atoms with Crippen LogP contribution in [0.2, 0.25) is 0 Å². The van der Waals surface area contributed by atoms with Gasteiger partial charge in [0.1, 0.15) is 0 Å². The molecule has 0 spiro atoms. The number of rotatable bonds is 8. The molecule has 1 fully saturated rings. The third kappa shape index (κ3) is 3.56. The molecule has 2 atom stereocenters. The average Bonchev–Trinajstić information content (AvgIpc) is 2.69. The molecule has 6 heteroatoms. The number of hydrogen-bond donors (Lipinski definition) is 0. The summed E-state index contributed by atoms with van der Waals surface area (Å²) in [4.78, 5) is 11.8. The molecular formula is C12H23O5P. The van der Waals surface area contributed by atoms with Crippen LogP contribution in [0.3, 0.4) is 0 Å². The number of ether oxygens (including phenoxy) is 1. The van der Waals surface area contributed by atoms with E-state index in [4.69, 9.17) is 13.8 Å². The number of unbranched alkanes of at least 4 members (excludes halogenated alkanes) is 1. The van der Waals surface area contributed by atoms with Gasteiger partial charge in [-0.15, -0.1) is 0 Å². The van der Waals surface area contributed by atoms with Crippen molar-refractivity contribution >= 4 is 13.6 Å². The molecule has 0 aromatic rings. The minimum absolute atomic E-state index is 0.0543. The van der Waals surface area contributed by atoms with Gasteiger partial charge in [0.25, 0.3) is 0 Å². The summed E-state index contributed by atoms with van der Waals surface area (Å²) in [6.07, 6.45) is 2.83. The molecule has 0 aromatic carbocycles. The van der Waals surface area contributed by atoms with Crippen molar-refractivity contribution in [2.45, 2.75) is 45.7 Å². The summed E-state index contributed by atoms with van der Waals surface area (Å²) in [7, 11) is -3.39. The molecule has 106 valence electrons. The van der Waals surface area contributed by atoms with Gasteiger partial charge in [-0.2, -0.15) is 0 Å². The normalized spacial score (nSPS) is 24.3. The lowest BCUT2D eigenvalue weighted by Gasteiger charge is -2.24. The largest absolute Gasteiger partial charge is 0.465 e. The Hall–Kier alpha value is -0.380. The van der Waals surface area contributed by atoms with Gasteiger partial charge in [-0.25, -0.2) is 0 Å². The summed E-state index contributed by atoms with van der Waals surface area (Å²) < 4.78 is 28.2. The highest BCUT2D eigenvalue weighted by Crippen LogP contribution is 2.58. The first-order valence-electron chi connectivity index (χ1n) is 6.64. The summed E-state index contributed by atoms with van der Waals surface area (Å²) >= 11 is 0. The van der Waals surface area contributed by atoms with E-state index >= 15 is 0 Å². The van der Waals surface area contributed by atoms with Crippen LogP contribution in [-0.4, -0.2) is 31.4 Å². The second kappa shape index (κ2) is 7.27. The number of carbonyl (C=O) groups is 1. The van der Waals surface area contributed by atoms with Crippen LogP contribution in [0.25, 0.3) is 0 Å². The first kappa shape index (κ1) is 15.7. The Morgan fingerprint density at radius 2 is 1.89 bits per heavy atom. The zero-order valence-electron chi connectivity index (χ0n) is 11.4. The number of carbonyl (C=O) groups excluding carboxylic acids is 1. The fraction of sp³-hybridized carbons (Fsp3) is 0.917. The van der Waals surface area contributed by atoms with E-state index in [1.165, 1.54) is 0 Å². The molecule has 1 aliphatic rings. The molecule has 1 saturated heterocycles. The second-order valence-corrected chi connectivity index (χ2v) is 6.50. The Kier molecular flexibility index (Phi) is 6.33. The van der Waals surface area contributed by atoms with Crippen molar-refractivity contribution in [3.05, 3.63) is 0 Å². The molecule has 0 aromatic heterocycles. The lowest BCUT2D eigenvalue weighted by Crippen LogP contribution is -2.25. The highest BCUT2D eigenvalue weighted by Gasteiger charge is 2.51. The van der Waals surface area contributed by atoms with Gasteiger partial charge in [-0.3, -0.25) is 9.36 Å². The van der Waals surface area contributed by atoms with E-state index in [2.05, 4.69) is 6.92 Å². The molecule has 18 heavy (non-hydrogen) atoms. The highest BCUT2D eigenvalue weighted by molar-refractivity contribution is 7.55. The van der Waals surface area contributed by atoms with Crippen LogP contribution in [0, 0.1) is 5.92 Å². The first-order chi connectivity index (χ1) is 8.59. The van der Waals surface area contributed by atoms with Gasteiger partial charge in [-0.1, -0.05) is 19.8 Å². The first-order valence-corrected chi connectivity index (χ1v) is 8.25. The third-order valence-corrected chi connectivity index (χ3v) is 5.56. The molecule has 0 unspecified atom stereocenters. The van der Waals surface area contributed by atoms with Crippen LogP contribution in [-0.2, 0) is 23.1 Å². The molecule has 0 amide bonds. The maximum atomic E-state index is 12.7. The Balaban J connectivity index is 2.84. The minimum Gasteiger partial charge on any atom is -0.465 e. The lowest BCUT2D eigenvalue weighted by molar-refractivity contribution is -0.137. The smallest absolute Gasteiger partial charge is 0.345 e. The molecule has 1 rings (SSSR count). The van der Waals surface area contributed by atoms with Gasteiger partial charge in [0.05, 0.1) is 19.8 Å². The molecule has 0 saturated carbocycles. The Morgan fingerprint density at radius 3 is 2.39 bits per heavy atom. The van der Waals surface area contributed by atoms with Crippen molar-refractivity contribution in [3.8, 4) is 0 Å². The Morgan fingerprint density at radius 1 is 1.28 bits per heavy atom. The van der Waals surface area contributed by atoms with Gasteiger partial charge in [0.15, 0.2) is 5.66 Å². The summed E-state index contributed by atoms with van der Waals surface area (Å²) in [6, 6.07) is 0. The standard InChI is InChI=1S/C12H23O5P/c1-4-7-8-10-9-15-12(13)11(10)18(14,16-5-2)17-6-3/h10-11H,4-9H2,1-3H3/t10-,11+/m1/s1. The van der Waals surface area contributed by atoms with Crippen molar-refractivity contribution in [3.63, 3.8) is 0 Å². The van der Waals surface area contributed by atoms with Crippen LogP contribution in [0.1, 0.15) is 40.0 Å². The SMILES string of the molecule is CCCC[C@@H]1COC(=O)[C@H]1P(=O)(OCC)OCC. The summed E-state index contributed by atoms with van der Waals surface area (Å²) in [6.45, 7) is 6.42. The zero-order valence-corrected chi connectivity index (χ0v) is 12.3. The molecule has 0 N–H and O–H groups in total. The van der Waals surface area contributed by atoms with Gasteiger partial charge in [0.2, 0.25) is 0 Å². The number of hydrogen-bond acceptors (Lipinski definition) is 5. The summed E-state index contributed by atoms with van der Waals surface area (Å²) in [5.74, 6) is -0.497. The van der Waals surface area contributed by atoms with Gasteiger partial charge < -0.3 is 13.8 Å². The van der Waals surface area contributed by atoms with Gasteiger partial charge in [-0.05, 0) is 20.3 Å². The Bertz CT molecular complexity index is 308. The predicted octanol–water partition coefficient (Wildman–Crippen LogP) is 2.98. The number of cyclic esters (lactones) is 1. The molecule has 0 bridgehead atoms. The number of esters is 1. The highest BCUT2D eigenvalue weighted by atomic mass is 31.2. The van der Waals surface area contributed by atoms with Crippen LogP contribution in [0.5, 0.6) is 0 Å². The Labute approximate surface area is 109 Å². The zero-order chi connectivity index (χ0) is 13.6. The van der Waals surface area contributed by atoms with E-state index in [1.807, 2.05) is 0 Å². The summed E-state index contributed by atoms with van der Waals surface area (Å²) in [5.41, 5.74) is -0.746. The molecule has 0 aliphatic carbocycles. The van der Waals surface area contributed by atoms with E-state index in [0.29, 0.717) is 6.61 Å². The summed E-state index contributed by atoms with van der Waals surface area (Å²) in [5, 5.41) is 0. The van der Waals surface area contributed by atoms with E-state index < -0.39 is 19.2 Å². The van der Waals surface area contributed by atoms with E-state index in [0.717, 1.165) is 19.3 Å². The van der Waals surface area contributed by atoms with Crippen LogP contribution >= 0.6 is 7.60 Å². The molecular weight excluding hydrogens is 255 g/mol. The van der Waals surface area contributed by atoms with Crippen molar-refractivity contribution in [2.24, 2.45) is 5.92 Å². The molecule has 0 radical (unpaired) electrons. The minimum atomic E-state index is -3.39. The van der Waals surface area contributed by atoms with Crippen molar-refractivity contribution in [1.29, 1.82) is 0 Å². The van der Waals surface area contributed by atoms with E-state index in [1.54, 1.807) is 13.8 Å². The van der Waals surface area contributed by atoms with Crippen LogP contribution < -0.4 is 0 Å². The second-order valence-electron chi connectivity index (χ2n) is 4.35. The van der Waals surface area contributed by atoms with Crippen molar-refractivity contribution in [1.82, 2.24) is 0 Å². The van der Waals surface area contributed by atoms with E-state index in [-0.39, 0.29) is 19.1 Å². The quantitative estimate of drug-likeness (QED) is 0.504. The maximum Gasteiger partial charge on any atom is 0.345 e. The maximum absolute atomic E-state index is 12.7. The average molecular weight is 278 g/mol. The van der Waals surface area contributed by atoms with Gasteiger partial charge >= 0.3 is 13.6 Å². The van der Waals surface area contributed by atoms with Crippen LogP contribution in [0.15, 0.2) is 0 Å². The fourth-order valence-electron chi connectivity index (χ4n) is 2.21. The molecule has 1 aliphatic heterocycles. The van der Waals surface area contributed by atoms with Crippen molar-refractivity contribution in [2.75, 3.05) is 19.8 Å². The molecule has 5 nitrogen and oxygen atoms in total. The van der Waals surface area contributed by atoms with Crippen LogP contribution in [0.4, 0.5) is 0 Å². The lowest BCUT2D eigenvalue weighted by atomic mass is 10.0. The monoisotopic (exact) mass is 278 g/mol.